The molecule has 2 N–H and O–H groups in total. The summed E-state index contributed by atoms with van der Waals surface area (Å²) in [4.78, 5) is 11.7. The largest absolute Gasteiger partial charge is 0.506 e. The molecule has 0 unspecified atom stereocenters. The van der Waals surface area contributed by atoms with E-state index in [1.54, 1.807) is 0 Å². The van der Waals surface area contributed by atoms with Gasteiger partial charge >= 0.3 is 0 Å². The number of phenols is 1. The van der Waals surface area contributed by atoms with E-state index in [1.807, 2.05) is 0 Å². The molecule has 2 atom stereocenters. The van der Waals surface area contributed by atoms with Crippen molar-refractivity contribution < 1.29 is 19.0 Å². The third-order valence-corrected chi connectivity index (χ3v) is 3.59. The summed E-state index contributed by atoms with van der Waals surface area (Å²) in [7, 11) is 0. The molecule has 0 heterocycles. The molecule has 1 fully saturated rings. The van der Waals surface area contributed by atoms with Crippen LogP contribution in [0.1, 0.15) is 32.6 Å². The molecule has 0 bridgehead atoms. The van der Waals surface area contributed by atoms with Gasteiger partial charge in [-0.05, 0) is 30.9 Å². The van der Waals surface area contributed by atoms with Gasteiger partial charge < -0.3 is 15.2 Å². The average molecular weight is 281 g/mol. The number of para-hydroxylation sites is 1. The minimum atomic E-state index is -0.662. The third kappa shape index (κ3) is 3.93. The van der Waals surface area contributed by atoms with Crippen LogP contribution in [0.15, 0.2) is 18.2 Å². The summed E-state index contributed by atoms with van der Waals surface area (Å²) in [5.41, 5.74) is -0.196. The topological polar surface area (TPSA) is 58.6 Å². The summed E-state index contributed by atoms with van der Waals surface area (Å²) in [6.07, 6.45) is 4.33. The van der Waals surface area contributed by atoms with Crippen LogP contribution in [-0.4, -0.2) is 23.7 Å². The second kappa shape index (κ2) is 6.70. The van der Waals surface area contributed by atoms with Gasteiger partial charge in [0.1, 0.15) is 18.0 Å². The van der Waals surface area contributed by atoms with E-state index < -0.39 is 11.7 Å². The Balaban J connectivity index is 1.83. The van der Waals surface area contributed by atoms with Gasteiger partial charge in [-0.3, -0.25) is 4.79 Å². The third-order valence-electron chi connectivity index (χ3n) is 3.59. The van der Waals surface area contributed by atoms with Crippen molar-refractivity contribution in [2.75, 3.05) is 11.9 Å². The lowest BCUT2D eigenvalue weighted by Gasteiger charge is -2.26. The molecular formula is C15H20FNO3. The van der Waals surface area contributed by atoms with Crippen molar-refractivity contribution in [3.8, 4) is 5.75 Å². The van der Waals surface area contributed by atoms with Crippen LogP contribution < -0.4 is 5.32 Å². The molecule has 0 spiro atoms. The van der Waals surface area contributed by atoms with Crippen molar-refractivity contribution in [1.29, 1.82) is 0 Å². The molecule has 1 amide bonds. The standard InChI is InChI=1S/C15H20FNO3/c1-10-4-2-5-11(8-10)20-9-14(19)17-15-12(16)6-3-7-13(15)18/h3,6-7,10-11,18H,2,4-5,8-9H2,1H3,(H,17,19)/t10-,11+/m1/s1. The van der Waals surface area contributed by atoms with Crippen LogP contribution in [0.4, 0.5) is 10.1 Å². The number of ether oxygens (including phenoxy) is 1. The van der Waals surface area contributed by atoms with Crippen molar-refractivity contribution in [3.63, 3.8) is 0 Å². The average Bonchev–Trinajstić information content (AvgIpc) is 2.41. The predicted octanol–water partition coefficient (Wildman–Crippen LogP) is 3.07. The molecule has 1 aliphatic rings. The zero-order chi connectivity index (χ0) is 14.5. The Morgan fingerprint density at radius 2 is 2.30 bits per heavy atom. The molecule has 5 heteroatoms. The van der Waals surface area contributed by atoms with Gasteiger partial charge in [-0.15, -0.1) is 0 Å². The zero-order valence-corrected chi connectivity index (χ0v) is 11.6. The lowest BCUT2D eigenvalue weighted by Crippen LogP contribution is -2.27. The second-order valence-electron chi connectivity index (χ2n) is 5.39. The minimum Gasteiger partial charge on any atom is -0.506 e. The highest BCUT2D eigenvalue weighted by Crippen LogP contribution is 2.27. The number of amides is 1. The minimum absolute atomic E-state index is 0.0960. The number of carbonyl (C=O) groups is 1. The molecule has 2 rings (SSSR count). The summed E-state index contributed by atoms with van der Waals surface area (Å²) in [5.74, 6) is -0.787. The fourth-order valence-electron chi connectivity index (χ4n) is 2.54. The summed E-state index contributed by atoms with van der Waals surface area (Å²) < 4.78 is 19.0. The number of carbonyl (C=O) groups excluding carboxylic acids is 1. The fraction of sp³-hybridized carbons (Fsp3) is 0.533. The monoisotopic (exact) mass is 281 g/mol. The zero-order valence-electron chi connectivity index (χ0n) is 11.6. The highest BCUT2D eigenvalue weighted by Gasteiger charge is 2.20. The normalized spacial score (nSPS) is 22.5. The molecule has 4 nitrogen and oxygen atoms in total. The summed E-state index contributed by atoms with van der Waals surface area (Å²) >= 11 is 0. The van der Waals surface area contributed by atoms with E-state index in [-0.39, 0.29) is 24.1 Å². The molecule has 0 radical (unpaired) electrons. The van der Waals surface area contributed by atoms with Crippen LogP contribution in [0.2, 0.25) is 0 Å². The van der Waals surface area contributed by atoms with E-state index in [0.29, 0.717) is 5.92 Å². The van der Waals surface area contributed by atoms with E-state index in [0.717, 1.165) is 19.3 Å². The molecule has 1 aromatic rings. The first-order valence-electron chi connectivity index (χ1n) is 6.95. The highest BCUT2D eigenvalue weighted by molar-refractivity contribution is 5.93. The number of hydrogen-bond donors (Lipinski definition) is 2. The van der Waals surface area contributed by atoms with Crippen molar-refractivity contribution in [2.45, 2.75) is 38.7 Å². The Hall–Kier alpha value is -1.62. The maximum absolute atomic E-state index is 13.4. The van der Waals surface area contributed by atoms with Crippen LogP contribution in [0.25, 0.3) is 0 Å². The van der Waals surface area contributed by atoms with Crippen LogP contribution in [-0.2, 0) is 9.53 Å². The summed E-state index contributed by atoms with van der Waals surface area (Å²) in [5, 5.41) is 11.8. The van der Waals surface area contributed by atoms with E-state index in [9.17, 15) is 14.3 Å². The van der Waals surface area contributed by atoms with Gasteiger partial charge in [0, 0.05) is 0 Å². The quantitative estimate of drug-likeness (QED) is 0.834. The number of nitrogens with one attached hydrogen (secondary N) is 1. The van der Waals surface area contributed by atoms with Gasteiger partial charge in [-0.1, -0.05) is 25.8 Å². The first-order chi connectivity index (χ1) is 9.56. The Morgan fingerprint density at radius 1 is 1.50 bits per heavy atom. The Kier molecular flexibility index (Phi) is 4.95. The van der Waals surface area contributed by atoms with Crippen molar-refractivity contribution in [1.82, 2.24) is 0 Å². The van der Waals surface area contributed by atoms with Gasteiger partial charge in [0.15, 0.2) is 5.82 Å². The first kappa shape index (κ1) is 14.8. The number of halogens is 1. The van der Waals surface area contributed by atoms with Crippen molar-refractivity contribution in [3.05, 3.63) is 24.0 Å². The van der Waals surface area contributed by atoms with Gasteiger partial charge in [0.05, 0.1) is 6.10 Å². The second-order valence-corrected chi connectivity index (χ2v) is 5.39. The molecule has 0 saturated heterocycles. The van der Waals surface area contributed by atoms with E-state index in [4.69, 9.17) is 4.74 Å². The predicted molar refractivity (Wildman–Crippen MR) is 74.1 cm³/mol. The lowest BCUT2D eigenvalue weighted by molar-refractivity contribution is -0.123. The molecule has 1 aliphatic carbocycles. The van der Waals surface area contributed by atoms with E-state index in [2.05, 4.69) is 12.2 Å². The van der Waals surface area contributed by atoms with Gasteiger partial charge in [-0.2, -0.15) is 0 Å². The van der Waals surface area contributed by atoms with Crippen molar-refractivity contribution >= 4 is 11.6 Å². The molecule has 0 aromatic heterocycles. The SMILES string of the molecule is C[C@@H]1CCC[C@H](OCC(=O)Nc2c(O)cccc2F)C1. The van der Waals surface area contributed by atoms with Crippen LogP contribution in [0, 0.1) is 11.7 Å². The first-order valence-corrected chi connectivity index (χ1v) is 6.95. The van der Waals surface area contributed by atoms with E-state index in [1.165, 1.54) is 24.6 Å². The molecule has 20 heavy (non-hydrogen) atoms. The molecule has 1 saturated carbocycles. The Labute approximate surface area is 117 Å². The number of anilines is 1. The van der Waals surface area contributed by atoms with E-state index >= 15 is 0 Å². The molecule has 1 aromatic carbocycles. The lowest BCUT2D eigenvalue weighted by atomic mass is 9.89. The maximum Gasteiger partial charge on any atom is 0.250 e. The summed E-state index contributed by atoms with van der Waals surface area (Å²) in [6.45, 7) is 2.05. The number of rotatable bonds is 4. The Morgan fingerprint density at radius 3 is 3.00 bits per heavy atom. The maximum atomic E-state index is 13.4. The van der Waals surface area contributed by atoms with Gasteiger partial charge in [0.2, 0.25) is 0 Å². The molecular weight excluding hydrogens is 261 g/mol. The van der Waals surface area contributed by atoms with Crippen molar-refractivity contribution in [2.24, 2.45) is 5.92 Å². The van der Waals surface area contributed by atoms with Crippen LogP contribution >= 0.6 is 0 Å². The fourth-order valence-corrected chi connectivity index (χ4v) is 2.54. The van der Waals surface area contributed by atoms with Crippen LogP contribution in [0.5, 0.6) is 5.75 Å². The van der Waals surface area contributed by atoms with Gasteiger partial charge in [0.25, 0.3) is 5.91 Å². The smallest absolute Gasteiger partial charge is 0.250 e. The highest BCUT2D eigenvalue weighted by atomic mass is 19.1. The number of phenolic OH excluding ortho intramolecular Hbond substituents is 1. The van der Waals surface area contributed by atoms with Crippen LogP contribution in [0.3, 0.4) is 0 Å². The summed E-state index contributed by atoms with van der Waals surface area (Å²) in [6, 6.07) is 3.88. The number of benzene rings is 1. The Bertz CT molecular complexity index is 458. The number of aromatic hydroxyl groups is 1. The molecule has 0 aliphatic heterocycles. The van der Waals surface area contributed by atoms with Gasteiger partial charge in [-0.25, -0.2) is 4.39 Å². The number of hydrogen-bond acceptors (Lipinski definition) is 3. The molecule has 110 valence electrons.